The van der Waals surface area contributed by atoms with E-state index in [4.69, 9.17) is 4.84 Å². The molecule has 8 nitrogen and oxygen atoms in total. The molecule has 2 atom stereocenters. The van der Waals surface area contributed by atoms with Crippen LogP contribution in [0.25, 0.3) is 0 Å². The Hall–Kier alpha value is -3.07. The van der Waals surface area contributed by atoms with Crippen LogP contribution in [-0.2, 0) is 14.4 Å². The number of fused-ring (bicyclic) bond motifs is 1. The van der Waals surface area contributed by atoms with Gasteiger partial charge in [-0.2, -0.15) is 0 Å². The van der Waals surface area contributed by atoms with Crippen molar-refractivity contribution in [2.24, 2.45) is 11.1 Å². The second-order valence-corrected chi connectivity index (χ2v) is 6.69. The number of anilines is 1. The molecule has 0 aliphatic carbocycles. The first kappa shape index (κ1) is 16.4. The van der Waals surface area contributed by atoms with E-state index in [0.717, 1.165) is 9.37 Å². The SMILES string of the molecule is O=C1[C@@H]2C(c3cccc([N+](=O)[O-])c3)=NO[C@@H]2C(=O)N1c1ccc(Br)cc1. The summed E-state index contributed by atoms with van der Waals surface area (Å²) >= 11 is 3.30. The number of rotatable bonds is 3. The summed E-state index contributed by atoms with van der Waals surface area (Å²) in [7, 11) is 0. The number of amides is 2. The molecule has 4 rings (SSSR count). The highest BCUT2D eigenvalue weighted by Crippen LogP contribution is 2.35. The lowest BCUT2D eigenvalue weighted by Crippen LogP contribution is -2.33. The van der Waals surface area contributed by atoms with E-state index >= 15 is 0 Å². The van der Waals surface area contributed by atoms with Gasteiger partial charge in [-0.05, 0) is 24.3 Å². The van der Waals surface area contributed by atoms with E-state index in [1.165, 1.54) is 18.2 Å². The van der Waals surface area contributed by atoms with Crippen LogP contribution in [0, 0.1) is 16.0 Å². The number of hydrogen-bond acceptors (Lipinski definition) is 6. The Balaban J connectivity index is 1.70. The predicted octanol–water partition coefficient (Wildman–Crippen LogP) is 2.65. The lowest BCUT2D eigenvalue weighted by molar-refractivity contribution is -0.384. The second-order valence-electron chi connectivity index (χ2n) is 5.78. The highest BCUT2D eigenvalue weighted by molar-refractivity contribution is 9.10. The van der Waals surface area contributed by atoms with Crippen LogP contribution in [-0.4, -0.2) is 28.6 Å². The molecule has 0 unspecified atom stereocenters. The molecule has 0 saturated carbocycles. The van der Waals surface area contributed by atoms with Gasteiger partial charge in [-0.1, -0.05) is 33.2 Å². The van der Waals surface area contributed by atoms with Gasteiger partial charge >= 0.3 is 0 Å². The summed E-state index contributed by atoms with van der Waals surface area (Å²) in [5.41, 5.74) is 0.900. The largest absolute Gasteiger partial charge is 0.381 e. The molecule has 0 radical (unpaired) electrons. The van der Waals surface area contributed by atoms with Crippen LogP contribution in [0.15, 0.2) is 58.2 Å². The third-order valence-corrected chi connectivity index (χ3v) is 4.78. The number of halogens is 1. The van der Waals surface area contributed by atoms with Gasteiger partial charge in [0.1, 0.15) is 11.6 Å². The zero-order valence-corrected chi connectivity index (χ0v) is 14.6. The minimum absolute atomic E-state index is 0.129. The molecule has 0 aromatic heterocycles. The maximum absolute atomic E-state index is 12.9. The Kier molecular flexibility index (Phi) is 3.80. The number of nitro groups is 1. The lowest BCUT2D eigenvalue weighted by atomic mass is 9.94. The number of non-ortho nitro benzene ring substituents is 1. The number of imide groups is 1. The van der Waals surface area contributed by atoms with E-state index < -0.39 is 28.8 Å². The molecule has 2 heterocycles. The standard InChI is InChI=1S/C17H10BrN3O5/c18-10-4-6-11(7-5-10)20-16(22)13-14(19-26-15(13)17(20)23)9-2-1-3-12(8-9)21(24)25/h1-8,13,15H/t13-,15+/m1/s1. The van der Waals surface area contributed by atoms with Gasteiger partial charge in [0.15, 0.2) is 0 Å². The number of nitrogens with zero attached hydrogens (tertiary/aromatic N) is 3. The van der Waals surface area contributed by atoms with Crippen molar-refractivity contribution in [3.8, 4) is 0 Å². The molecule has 9 heteroatoms. The fraction of sp³-hybridized carbons (Fsp3) is 0.118. The van der Waals surface area contributed by atoms with E-state index in [2.05, 4.69) is 21.1 Å². The van der Waals surface area contributed by atoms with Crippen molar-refractivity contribution in [2.45, 2.75) is 6.10 Å². The molecule has 1 fully saturated rings. The Bertz CT molecular complexity index is 973. The van der Waals surface area contributed by atoms with Crippen molar-refractivity contribution in [1.82, 2.24) is 0 Å². The van der Waals surface area contributed by atoms with E-state index in [1.54, 1.807) is 30.3 Å². The van der Waals surface area contributed by atoms with Crippen LogP contribution in [0.3, 0.4) is 0 Å². The van der Waals surface area contributed by atoms with Crippen LogP contribution in [0.5, 0.6) is 0 Å². The molecule has 26 heavy (non-hydrogen) atoms. The maximum Gasteiger partial charge on any atom is 0.278 e. The first-order valence-electron chi connectivity index (χ1n) is 7.59. The van der Waals surface area contributed by atoms with E-state index in [1.807, 2.05) is 0 Å². The van der Waals surface area contributed by atoms with E-state index in [-0.39, 0.29) is 11.4 Å². The topological polar surface area (TPSA) is 102 Å². The van der Waals surface area contributed by atoms with Gasteiger partial charge < -0.3 is 4.84 Å². The van der Waals surface area contributed by atoms with Crippen LogP contribution < -0.4 is 4.90 Å². The van der Waals surface area contributed by atoms with Gasteiger partial charge in [0.05, 0.1) is 10.6 Å². The lowest BCUT2D eigenvalue weighted by Gasteiger charge is -2.15. The van der Waals surface area contributed by atoms with Gasteiger partial charge in [-0.15, -0.1) is 0 Å². The summed E-state index contributed by atoms with van der Waals surface area (Å²) in [4.78, 5) is 42.2. The maximum atomic E-state index is 12.9. The predicted molar refractivity (Wildman–Crippen MR) is 94.6 cm³/mol. The van der Waals surface area contributed by atoms with Crippen molar-refractivity contribution < 1.29 is 19.3 Å². The molecular formula is C17H10BrN3O5. The third-order valence-electron chi connectivity index (χ3n) is 4.25. The summed E-state index contributed by atoms with van der Waals surface area (Å²) in [5, 5.41) is 14.8. The minimum atomic E-state index is -1.06. The van der Waals surface area contributed by atoms with Gasteiger partial charge in [0.2, 0.25) is 12.0 Å². The Morgan fingerprint density at radius 2 is 1.85 bits per heavy atom. The van der Waals surface area contributed by atoms with Crippen LogP contribution >= 0.6 is 15.9 Å². The Morgan fingerprint density at radius 3 is 2.54 bits per heavy atom. The van der Waals surface area contributed by atoms with Crippen LogP contribution in [0.2, 0.25) is 0 Å². The molecular weight excluding hydrogens is 406 g/mol. The zero-order valence-electron chi connectivity index (χ0n) is 13.0. The van der Waals surface area contributed by atoms with E-state index in [0.29, 0.717) is 11.3 Å². The number of nitro benzene ring substituents is 1. The fourth-order valence-corrected chi connectivity index (χ4v) is 3.30. The highest BCUT2D eigenvalue weighted by Gasteiger charge is 2.56. The summed E-state index contributed by atoms with van der Waals surface area (Å²) in [6.07, 6.45) is -1.06. The van der Waals surface area contributed by atoms with Gasteiger partial charge in [0, 0.05) is 22.2 Å². The molecule has 0 spiro atoms. The third kappa shape index (κ3) is 2.48. The summed E-state index contributed by atoms with van der Waals surface area (Å²) in [6, 6.07) is 12.5. The molecule has 2 aromatic rings. The minimum Gasteiger partial charge on any atom is -0.381 e. The quantitative estimate of drug-likeness (QED) is 0.435. The smallest absolute Gasteiger partial charge is 0.278 e. The normalized spacial score (nSPS) is 21.4. The average Bonchev–Trinajstić information content (AvgIpc) is 3.17. The Morgan fingerprint density at radius 1 is 1.12 bits per heavy atom. The van der Waals surface area contributed by atoms with Gasteiger partial charge in [-0.3, -0.25) is 19.7 Å². The number of benzene rings is 2. The number of oxime groups is 1. The fourth-order valence-electron chi connectivity index (χ4n) is 3.04. The molecule has 2 aliphatic heterocycles. The zero-order chi connectivity index (χ0) is 18.4. The number of carbonyl (C=O) groups is 2. The monoisotopic (exact) mass is 415 g/mol. The first-order valence-corrected chi connectivity index (χ1v) is 8.38. The van der Waals surface area contributed by atoms with Crippen LogP contribution in [0.4, 0.5) is 11.4 Å². The van der Waals surface area contributed by atoms with Gasteiger partial charge in [0.25, 0.3) is 11.6 Å². The number of hydrogen-bond donors (Lipinski definition) is 0. The molecule has 2 aromatic carbocycles. The van der Waals surface area contributed by atoms with Crippen molar-refractivity contribution in [1.29, 1.82) is 0 Å². The molecule has 2 amide bonds. The molecule has 0 bridgehead atoms. The van der Waals surface area contributed by atoms with Crippen molar-refractivity contribution >= 4 is 44.8 Å². The highest BCUT2D eigenvalue weighted by atomic mass is 79.9. The summed E-state index contributed by atoms with van der Waals surface area (Å²) in [6.45, 7) is 0. The van der Waals surface area contributed by atoms with Gasteiger partial charge in [-0.25, -0.2) is 4.90 Å². The van der Waals surface area contributed by atoms with Crippen molar-refractivity contribution in [3.05, 3.63) is 68.7 Å². The van der Waals surface area contributed by atoms with E-state index in [9.17, 15) is 19.7 Å². The first-order chi connectivity index (χ1) is 12.5. The summed E-state index contributed by atoms with van der Waals surface area (Å²) < 4.78 is 0.815. The molecule has 2 aliphatic rings. The second kappa shape index (κ2) is 6.03. The number of carbonyl (C=O) groups excluding carboxylic acids is 2. The van der Waals surface area contributed by atoms with Crippen LogP contribution in [0.1, 0.15) is 5.56 Å². The van der Waals surface area contributed by atoms with Crippen molar-refractivity contribution in [2.75, 3.05) is 4.90 Å². The average molecular weight is 416 g/mol. The molecule has 1 saturated heterocycles. The molecule has 0 N–H and O–H groups in total. The summed E-state index contributed by atoms with van der Waals surface area (Å²) in [5.74, 6) is -1.90. The molecule has 130 valence electrons. The Labute approximate surface area is 155 Å². The van der Waals surface area contributed by atoms with Crippen molar-refractivity contribution in [3.63, 3.8) is 0 Å².